The lowest BCUT2D eigenvalue weighted by molar-refractivity contribution is 0.582. The second-order valence-corrected chi connectivity index (χ2v) is 5.93. The van der Waals surface area contributed by atoms with Crippen molar-refractivity contribution in [3.63, 3.8) is 0 Å². The van der Waals surface area contributed by atoms with Crippen molar-refractivity contribution in [3.8, 4) is 0 Å². The second-order valence-electron chi connectivity index (χ2n) is 3.72. The van der Waals surface area contributed by atoms with Crippen molar-refractivity contribution >= 4 is 9.84 Å². The summed E-state index contributed by atoms with van der Waals surface area (Å²) in [6.45, 7) is 3.79. The van der Waals surface area contributed by atoms with E-state index in [1.54, 1.807) is 6.92 Å². The minimum absolute atomic E-state index is 0.331. The summed E-state index contributed by atoms with van der Waals surface area (Å²) in [5.41, 5.74) is 0. The zero-order valence-corrected chi connectivity index (χ0v) is 10.3. The molecule has 0 aromatic carbocycles. The van der Waals surface area contributed by atoms with E-state index in [-0.39, 0.29) is 0 Å². The fraction of sp³-hybridized carbons (Fsp3) is 0.909. The molecule has 0 rings (SSSR count). The van der Waals surface area contributed by atoms with Crippen molar-refractivity contribution in [3.05, 3.63) is 5.75 Å². The Morgan fingerprint density at radius 3 is 1.93 bits per heavy atom. The average Bonchev–Trinajstić information content (AvgIpc) is 2.16. The Kier molecular flexibility index (Phi) is 8.24. The molecule has 1 radical (unpaired) electrons. The quantitative estimate of drug-likeness (QED) is 0.557. The Hall–Kier alpha value is -0.0500. The lowest BCUT2D eigenvalue weighted by Gasteiger charge is -2.01. The smallest absolute Gasteiger partial charge is 0.154 e. The predicted molar refractivity (Wildman–Crippen MR) is 61.8 cm³/mol. The van der Waals surface area contributed by atoms with Crippen LogP contribution < -0.4 is 0 Å². The summed E-state index contributed by atoms with van der Waals surface area (Å²) >= 11 is 0. The molecule has 0 N–H and O–H groups in total. The fourth-order valence-corrected chi connectivity index (χ4v) is 2.22. The van der Waals surface area contributed by atoms with Gasteiger partial charge in [0.05, 0.1) is 11.5 Å². The van der Waals surface area contributed by atoms with Crippen LogP contribution in [0, 0.1) is 5.75 Å². The van der Waals surface area contributed by atoms with Crippen LogP contribution in [0.1, 0.15) is 58.8 Å². The van der Waals surface area contributed by atoms with E-state index in [1.807, 2.05) is 0 Å². The first-order chi connectivity index (χ1) is 6.62. The van der Waals surface area contributed by atoms with Crippen molar-refractivity contribution in [1.29, 1.82) is 0 Å². The van der Waals surface area contributed by atoms with Gasteiger partial charge in [-0.05, 0) is 13.3 Å². The van der Waals surface area contributed by atoms with Crippen LogP contribution in [0.25, 0.3) is 0 Å². The molecule has 0 bridgehead atoms. The molecule has 0 saturated heterocycles. The summed E-state index contributed by atoms with van der Waals surface area (Å²) in [7, 11) is -2.84. The molecule has 0 aromatic rings. The maximum absolute atomic E-state index is 11.1. The van der Waals surface area contributed by atoms with E-state index < -0.39 is 9.84 Å². The van der Waals surface area contributed by atoms with Gasteiger partial charge in [0.25, 0.3) is 0 Å². The standard InChI is InChI=1S/C11H23O2S/c1-3-5-6-7-8-9-10-11-14(12,13)4-2/h4H,3,5-11H2,1-2H3. The van der Waals surface area contributed by atoms with Crippen LogP contribution in [-0.4, -0.2) is 14.2 Å². The van der Waals surface area contributed by atoms with Crippen LogP contribution in [-0.2, 0) is 9.84 Å². The van der Waals surface area contributed by atoms with Crippen LogP contribution in [0.5, 0.6) is 0 Å². The van der Waals surface area contributed by atoms with Crippen LogP contribution >= 0.6 is 0 Å². The predicted octanol–water partition coefficient (Wildman–Crippen LogP) is 3.33. The third-order valence-electron chi connectivity index (χ3n) is 2.39. The lowest BCUT2D eigenvalue weighted by atomic mass is 10.1. The zero-order valence-electron chi connectivity index (χ0n) is 9.46. The summed E-state index contributed by atoms with van der Waals surface area (Å²) in [6.07, 6.45) is 8.17. The molecular formula is C11H23O2S. The zero-order chi connectivity index (χ0) is 10.9. The normalized spacial score (nSPS) is 11.9. The molecule has 2 nitrogen and oxygen atoms in total. The highest BCUT2D eigenvalue weighted by atomic mass is 32.2. The molecule has 0 fully saturated rings. The molecule has 0 amide bonds. The van der Waals surface area contributed by atoms with Gasteiger partial charge in [0.15, 0.2) is 9.84 Å². The largest absolute Gasteiger partial charge is 0.229 e. The van der Waals surface area contributed by atoms with E-state index in [0.29, 0.717) is 5.75 Å². The first-order valence-electron chi connectivity index (χ1n) is 5.64. The third kappa shape index (κ3) is 8.54. The highest BCUT2D eigenvalue weighted by Gasteiger charge is 2.06. The number of unbranched alkanes of at least 4 members (excludes halogenated alkanes) is 6. The van der Waals surface area contributed by atoms with Gasteiger partial charge in [-0.15, -0.1) is 0 Å². The van der Waals surface area contributed by atoms with Crippen molar-refractivity contribution < 1.29 is 8.42 Å². The van der Waals surface area contributed by atoms with Gasteiger partial charge < -0.3 is 0 Å². The SMILES string of the molecule is C[CH]S(=O)(=O)CCCCCCCCC. The van der Waals surface area contributed by atoms with Crippen molar-refractivity contribution in [2.45, 2.75) is 58.8 Å². The van der Waals surface area contributed by atoms with Gasteiger partial charge in [-0.1, -0.05) is 45.4 Å². The van der Waals surface area contributed by atoms with E-state index in [4.69, 9.17) is 0 Å². The first kappa shape index (κ1) is 13.9. The van der Waals surface area contributed by atoms with Gasteiger partial charge in [0.1, 0.15) is 0 Å². The van der Waals surface area contributed by atoms with E-state index in [0.717, 1.165) is 12.8 Å². The molecule has 14 heavy (non-hydrogen) atoms. The van der Waals surface area contributed by atoms with E-state index in [9.17, 15) is 8.42 Å². The molecule has 3 heteroatoms. The Morgan fingerprint density at radius 1 is 0.929 bits per heavy atom. The van der Waals surface area contributed by atoms with Gasteiger partial charge in [-0.25, -0.2) is 8.42 Å². The van der Waals surface area contributed by atoms with Gasteiger partial charge in [0, 0.05) is 0 Å². The fourth-order valence-electron chi connectivity index (χ4n) is 1.38. The van der Waals surface area contributed by atoms with Crippen molar-refractivity contribution in [1.82, 2.24) is 0 Å². The minimum Gasteiger partial charge on any atom is -0.229 e. The third-order valence-corrected chi connectivity index (χ3v) is 3.97. The molecule has 0 spiro atoms. The first-order valence-corrected chi connectivity index (χ1v) is 7.36. The summed E-state index contributed by atoms with van der Waals surface area (Å²) in [4.78, 5) is 0. The van der Waals surface area contributed by atoms with E-state index >= 15 is 0 Å². The minimum atomic E-state index is -2.84. The summed E-state index contributed by atoms with van der Waals surface area (Å²) in [6, 6.07) is 0. The Balaban J connectivity index is 3.22. The van der Waals surface area contributed by atoms with Gasteiger partial charge >= 0.3 is 0 Å². The molecule has 0 saturated carbocycles. The highest BCUT2D eigenvalue weighted by molar-refractivity contribution is 7.93. The van der Waals surface area contributed by atoms with Crippen LogP contribution in [0.4, 0.5) is 0 Å². The number of sulfone groups is 1. The molecule has 0 unspecified atom stereocenters. The summed E-state index contributed by atoms with van der Waals surface area (Å²) < 4.78 is 22.2. The Labute approximate surface area is 89.0 Å². The van der Waals surface area contributed by atoms with Gasteiger partial charge in [0.2, 0.25) is 0 Å². The summed E-state index contributed by atoms with van der Waals surface area (Å²) in [5, 5.41) is 0. The number of hydrogen-bond donors (Lipinski definition) is 0. The molecule has 0 aliphatic rings. The molecule has 0 atom stereocenters. The second kappa shape index (κ2) is 8.27. The summed E-state index contributed by atoms with van der Waals surface area (Å²) in [5.74, 6) is 1.64. The molecule has 0 aromatic heterocycles. The molecule has 85 valence electrons. The van der Waals surface area contributed by atoms with Gasteiger partial charge in [-0.2, -0.15) is 0 Å². The van der Waals surface area contributed by atoms with Crippen LogP contribution in [0.3, 0.4) is 0 Å². The van der Waals surface area contributed by atoms with Crippen molar-refractivity contribution in [2.24, 2.45) is 0 Å². The van der Waals surface area contributed by atoms with E-state index in [1.165, 1.54) is 37.9 Å². The van der Waals surface area contributed by atoms with Crippen molar-refractivity contribution in [2.75, 3.05) is 5.75 Å². The number of hydrogen-bond acceptors (Lipinski definition) is 2. The number of rotatable bonds is 9. The molecule has 0 aliphatic carbocycles. The van der Waals surface area contributed by atoms with Crippen LogP contribution in [0.2, 0.25) is 0 Å². The molecule has 0 heterocycles. The highest BCUT2D eigenvalue weighted by Crippen LogP contribution is 2.08. The Morgan fingerprint density at radius 2 is 1.43 bits per heavy atom. The molecular weight excluding hydrogens is 196 g/mol. The Bertz CT molecular complexity index is 207. The topological polar surface area (TPSA) is 34.1 Å². The maximum atomic E-state index is 11.1. The van der Waals surface area contributed by atoms with Gasteiger partial charge in [-0.3, -0.25) is 0 Å². The average molecular weight is 219 g/mol. The van der Waals surface area contributed by atoms with Crippen LogP contribution in [0.15, 0.2) is 0 Å². The molecule has 0 aliphatic heterocycles. The van der Waals surface area contributed by atoms with E-state index in [2.05, 4.69) is 6.92 Å². The maximum Gasteiger partial charge on any atom is 0.154 e. The lowest BCUT2D eigenvalue weighted by Crippen LogP contribution is -2.04. The monoisotopic (exact) mass is 219 g/mol.